The molecule has 0 fully saturated rings. The van der Waals surface area contributed by atoms with Gasteiger partial charge in [-0.05, 0) is 12.3 Å². The highest BCUT2D eigenvalue weighted by Gasteiger charge is 2.38. The Morgan fingerprint density at radius 2 is 2.36 bits per heavy atom. The molecule has 1 aliphatic carbocycles. The summed E-state index contributed by atoms with van der Waals surface area (Å²) in [5, 5.41) is 0. The number of carbonyl (C=O) groups excluding carboxylic acids is 2. The lowest BCUT2D eigenvalue weighted by Gasteiger charge is -2.06. The third kappa shape index (κ3) is 1.51. The Morgan fingerprint density at radius 3 is 2.79 bits per heavy atom. The zero-order valence-electron chi connectivity index (χ0n) is 7.95. The lowest BCUT2D eigenvalue weighted by Crippen LogP contribution is -2.22. The number of ether oxygens (including phenoxy) is 1. The number of aliphatic imine (C=N–C) groups is 1. The minimum absolute atomic E-state index is 0.178. The van der Waals surface area contributed by atoms with E-state index in [0.717, 1.165) is 0 Å². The van der Waals surface area contributed by atoms with Crippen molar-refractivity contribution in [2.24, 2.45) is 10.9 Å². The van der Waals surface area contributed by atoms with Crippen LogP contribution in [0.1, 0.15) is 6.42 Å². The molecule has 0 aromatic carbocycles. The van der Waals surface area contributed by atoms with Gasteiger partial charge in [-0.25, -0.2) is 0 Å². The predicted molar refractivity (Wildman–Crippen MR) is 51.9 cm³/mol. The smallest absolute Gasteiger partial charge is 0.322 e. The van der Waals surface area contributed by atoms with Crippen LogP contribution in [0.2, 0.25) is 0 Å². The Kier molecular flexibility index (Phi) is 2.96. The van der Waals surface area contributed by atoms with Gasteiger partial charge in [-0.15, -0.1) is 0 Å². The van der Waals surface area contributed by atoms with Gasteiger partial charge >= 0.3 is 5.97 Å². The fraction of sp³-hybridized carbons (Fsp3) is 0.300. The maximum Gasteiger partial charge on any atom is 0.322 e. The molecule has 4 nitrogen and oxygen atoms in total. The third-order valence-electron chi connectivity index (χ3n) is 2.14. The first-order valence-corrected chi connectivity index (χ1v) is 4.08. The lowest BCUT2D eigenvalue weighted by atomic mass is 10.1. The van der Waals surface area contributed by atoms with Gasteiger partial charge in [0.05, 0.1) is 12.8 Å². The molecule has 1 aliphatic rings. The van der Waals surface area contributed by atoms with Crippen molar-refractivity contribution in [2.75, 3.05) is 7.11 Å². The van der Waals surface area contributed by atoms with E-state index in [1.54, 1.807) is 0 Å². The molecule has 0 saturated heterocycles. The quantitative estimate of drug-likeness (QED) is 0.380. The van der Waals surface area contributed by atoms with Crippen LogP contribution in [0.15, 0.2) is 28.9 Å². The van der Waals surface area contributed by atoms with Crippen molar-refractivity contribution in [2.45, 2.75) is 6.42 Å². The summed E-state index contributed by atoms with van der Waals surface area (Å²) in [5.41, 5.74) is 1.03. The second kappa shape index (κ2) is 4.00. The fourth-order valence-electron chi connectivity index (χ4n) is 1.45. The Bertz CT molecular complexity index is 341. The van der Waals surface area contributed by atoms with Crippen molar-refractivity contribution in [3.63, 3.8) is 0 Å². The maximum atomic E-state index is 11.4. The number of hydrogen-bond acceptors (Lipinski definition) is 4. The van der Waals surface area contributed by atoms with Crippen LogP contribution in [0, 0.1) is 5.92 Å². The highest BCUT2D eigenvalue weighted by Crippen LogP contribution is 2.31. The topological polar surface area (TPSA) is 55.7 Å². The summed E-state index contributed by atoms with van der Waals surface area (Å²) in [6, 6.07) is 0. The average Bonchev–Trinajstić information content (AvgIpc) is 2.53. The molecule has 1 unspecified atom stereocenters. The largest absolute Gasteiger partial charge is 0.468 e. The van der Waals surface area contributed by atoms with Gasteiger partial charge < -0.3 is 4.74 Å². The number of nitrogens with zero attached hydrogens (tertiary/aromatic N) is 1. The molecule has 4 heteroatoms. The van der Waals surface area contributed by atoms with Gasteiger partial charge in [0.2, 0.25) is 0 Å². The molecule has 0 N–H and O–H groups in total. The van der Waals surface area contributed by atoms with Crippen molar-refractivity contribution in [1.29, 1.82) is 0 Å². The highest BCUT2D eigenvalue weighted by atomic mass is 16.5. The summed E-state index contributed by atoms with van der Waals surface area (Å²) in [6.45, 7) is 6.87. The summed E-state index contributed by atoms with van der Waals surface area (Å²) in [4.78, 5) is 26.4. The summed E-state index contributed by atoms with van der Waals surface area (Å²) in [5.74, 6) is -1.71. The summed E-state index contributed by atoms with van der Waals surface area (Å²) >= 11 is 0. The minimum Gasteiger partial charge on any atom is -0.468 e. The van der Waals surface area contributed by atoms with Crippen molar-refractivity contribution in [3.05, 3.63) is 23.9 Å². The Hall–Kier alpha value is -1.71. The van der Waals surface area contributed by atoms with E-state index in [1.165, 1.54) is 13.2 Å². The van der Waals surface area contributed by atoms with Gasteiger partial charge in [0, 0.05) is 6.42 Å². The molecule has 0 bridgehead atoms. The molecule has 0 aliphatic heterocycles. The highest BCUT2D eigenvalue weighted by molar-refractivity contribution is 6.06. The molecular formula is C10H11NO3. The Balaban J connectivity index is 3.11. The number of hydrogen-bond donors (Lipinski definition) is 0. The summed E-state index contributed by atoms with van der Waals surface area (Å²) in [7, 11) is 1.24. The van der Waals surface area contributed by atoms with E-state index in [4.69, 9.17) is 0 Å². The van der Waals surface area contributed by atoms with Crippen LogP contribution in [0.5, 0.6) is 0 Å². The second-order valence-corrected chi connectivity index (χ2v) is 2.87. The van der Waals surface area contributed by atoms with Crippen LogP contribution in [-0.4, -0.2) is 25.6 Å². The lowest BCUT2D eigenvalue weighted by molar-refractivity contribution is -0.147. The van der Waals surface area contributed by atoms with E-state index >= 15 is 0 Å². The van der Waals surface area contributed by atoms with Crippen molar-refractivity contribution >= 4 is 18.5 Å². The molecule has 0 saturated carbocycles. The minimum atomic E-state index is -0.912. The molecule has 1 rings (SSSR count). The van der Waals surface area contributed by atoms with Gasteiger partial charge in [-0.2, -0.15) is 0 Å². The van der Waals surface area contributed by atoms with Crippen molar-refractivity contribution < 1.29 is 14.3 Å². The summed E-state index contributed by atoms with van der Waals surface area (Å²) in [6.07, 6.45) is 1.70. The fourth-order valence-corrected chi connectivity index (χ4v) is 1.45. The van der Waals surface area contributed by atoms with E-state index in [2.05, 4.69) is 23.0 Å². The van der Waals surface area contributed by atoms with Crippen LogP contribution in [-0.2, 0) is 14.3 Å². The molecular weight excluding hydrogens is 182 g/mol. The first-order chi connectivity index (χ1) is 6.65. The molecule has 0 aromatic rings. The predicted octanol–water partition coefficient (Wildman–Crippen LogP) is 0.889. The normalized spacial score (nSPS) is 20.9. The van der Waals surface area contributed by atoms with Gasteiger partial charge in [0.15, 0.2) is 11.7 Å². The zero-order chi connectivity index (χ0) is 10.7. The molecule has 1 atom stereocenters. The van der Waals surface area contributed by atoms with Crippen LogP contribution < -0.4 is 0 Å². The number of carbonyl (C=O) groups is 2. The number of ketones is 1. The van der Waals surface area contributed by atoms with Gasteiger partial charge in [0.25, 0.3) is 0 Å². The Morgan fingerprint density at radius 1 is 1.71 bits per heavy atom. The van der Waals surface area contributed by atoms with Crippen molar-refractivity contribution in [1.82, 2.24) is 0 Å². The third-order valence-corrected chi connectivity index (χ3v) is 2.14. The SMILES string of the molecule is C=CC1=C(N=C)C(C(=O)OC)C(=O)C1. The van der Waals surface area contributed by atoms with E-state index < -0.39 is 11.9 Å². The van der Waals surface area contributed by atoms with Gasteiger partial charge in [-0.1, -0.05) is 12.7 Å². The molecule has 14 heavy (non-hydrogen) atoms. The maximum absolute atomic E-state index is 11.4. The number of Topliss-reactive ketones (excluding diaryl/α,β-unsaturated/α-hetero) is 1. The average molecular weight is 193 g/mol. The van der Waals surface area contributed by atoms with Crippen LogP contribution in [0.4, 0.5) is 0 Å². The standard InChI is InChI=1S/C10H11NO3/c1-4-6-5-7(12)8(9(6)11-2)10(13)14-3/h4,8H,1-2,5H2,3H3. The van der Waals surface area contributed by atoms with Gasteiger partial charge in [-0.3, -0.25) is 14.6 Å². The second-order valence-electron chi connectivity index (χ2n) is 2.87. The Labute approximate surface area is 82.0 Å². The first kappa shape index (κ1) is 10.4. The molecule has 74 valence electrons. The number of allylic oxidation sites excluding steroid dienone is 2. The number of methoxy groups -OCH3 is 1. The summed E-state index contributed by atoms with van der Waals surface area (Å²) < 4.78 is 4.51. The van der Waals surface area contributed by atoms with Crippen molar-refractivity contribution in [3.8, 4) is 0 Å². The van der Waals surface area contributed by atoms with Crippen LogP contribution >= 0.6 is 0 Å². The van der Waals surface area contributed by atoms with E-state index in [1.807, 2.05) is 0 Å². The number of esters is 1. The molecule has 0 spiro atoms. The van der Waals surface area contributed by atoms with E-state index in [0.29, 0.717) is 11.3 Å². The first-order valence-electron chi connectivity index (χ1n) is 4.08. The molecule has 0 radical (unpaired) electrons. The zero-order valence-corrected chi connectivity index (χ0v) is 7.95. The molecule has 0 heterocycles. The molecule has 0 aromatic heterocycles. The van der Waals surface area contributed by atoms with Crippen LogP contribution in [0.25, 0.3) is 0 Å². The van der Waals surface area contributed by atoms with E-state index in [-0.39, 0.29) is 12.2 Å². The number of rotatable bonds is 3. The van der Waals surface area contributed by atoms with E-state index in [9.17, 15) is 9.59 Å². The van der Waals surface area contributed by atoms with Crippen LogP contribution in [0.3, 0.4) is 0 Å². The molecule has 0 amide bonds. The van der Waals surface area contributed by atoms with Gasteiger partial charge in [0.1, 0.15) is 0 Å². The monoisotopic (exact) mass is 193 g/mol.